The average Bonchev–Trinajstić information content (AvgIpc) is 3.17. The number of aromatic nitrogens is 2. The highest BCUT2D eigenvalue weighted by molar-refractivity contribution is 6.05. The van der Waals surface area contributed by atoms with Gasteiger partial charge in [-0.05, 0) is 86.1 Å². The van der Waals surface area contributed by atoms with E-state index < -0.39 is 0 Å². The minimum absolute atomic E-state index is 0.705. The lowest BCUT2D eigenvalue weighted by molar-refractivity contribution is 0.476. The SMILES string of the molecule is C=C1C=COc2ccc(-c3cccc(-c4ccc5ccccc5c4-c4cccc(-c5nc(-c6ccccc6)c6ccccc6n5)c4)c3)cc21. The maximum absolute atomic E-state index is 5.72. The molecule has 0 N–H and O–H groups in total. The molecular weight excluding hydrogens is 597 g/mol. The summed E-state index contributed by atoms with van der Waals surface area (Å²) in [5.74, 6) is 1.53. The molecule has 0 aliphatic carbocycles. The zero-order valence-electron chi connectivity index (χ0n) is 26.7. The molecule has 0 atom stereocenters. The summed E-state index contributed by atoms with van der Waals surface area (Å²) in [4.78, 5) is 10.2. The van der Waals surface area contributed by atoms with Gasteiger partial charge in [0.25, 0.3) is 0 Å². The number of para-hydroxylation sites is 1. The van der Waals surface area contributed by atoms with Crippen LogP contribution in [0.2, 0.25) is 0 Å². The van der Waals surface area contributed by atoms with E-state index in [1.54, 1.807) is 6.26 Å². The van der Waals surface area contributed by atoms with Gasteiger partial charge < -0.3 is 4.74 Å². The summed E-state index contributed by atoms with van der Waals surface area (Å²) in [6.45, 7) is 4.22. The van der Waals surface area contributed by atoms with Crippen LogP contribution < -0.4 is 4.74 Å². The number of nitrogens with zero attached hydrogens (tertiary/aromatic N) is 2. The van der Waals surface area contributed by atoms with Gasteiger partial charge in [0.1, 0.15) is 5.75 Å². The van der Waals surface area contributed by atoms with Crippen molar-refractivity contribution in [3.05, 3.63) is 182 Å². The van der Waals surface area contributed by atoms with E-state index in [0.717, 1.165) is 72.4 Å². The molecule has 0 bridgehead atoms. The van der Waals surface area contributed by atoms with Gasteiger partial charge in [-0.15, -0.1) is 0 Å². The lowest BCUT2D eigenvalue weighted by atomic mass is 9.88. The summed E-state index contributed by atoms with van der Waals surface area (Å²) < 4.78 is 5.72. The Balaban J connectivity index is 1.20. The van der Waals surface area contributed by atoms with Crippen molar-refractivity contribution in [2.75, 3.05) is 0 Å². The Morgan fingerprint density at radius 2 is 1.16 bits per heavy atom. The van der Waals surface area contributed by atoms with Crippen LogP contribution in [0.25, 0.3) is 83.3 Å². The van der Waals surface area contributed by atoms with Gasteiger partial charge in [0.05, 0.1) is 17.5 Å². The van der Waals surface area contributed by atoms with E-state index in [1.807, 2.05) is 30.3 Å². The lowest BCUT2D eigenvalue weighted by Crippen LogP contribution is -1.96. The van der Waals surface area contributed by atoms with Crippen molar-refractivity contribution in [3.8, 4) is 61.8 Å². The molecule has 3 nitrogen and oxygen atoms in total. The molecule has 49 heavy (non-hydrogen) atoms. The third-order valence-electron chi connectivity index (χ3n) is 9.29. The van der Waals surface area contributed by atoms with E-state index in [2.05, 4.69) is 140 Å². The second kappa shape index (κ2) is 11.9. The minimum Gasteiger partial charge on any atom is -0.464 e. The van der Waals surface area contributed by atoms with Gasteiger partial charge in [0.15, 0.2) is 5.82 Å². The van der Waals surface area contributed by atoms with Crippen LogP contribution >= 0.6 is 0 Å². The second-order valence-electron chi connectivity index (χ2n) is 12.3. The van der Waals surface area contributed by atoms with Crippen molar-refractivity contribution in [1.29, 1.82) is 0 Å². The summed E-state index contributed by atoms with van der Waals surface area (Å²) in [5.41, 5.74) is 12.7. The highest BCUT2D eigenvalue weighted by Crippen LogP contribution is 2.41. The molecule has 0 unspecified atom stereocenters. The number of fused-ring (bicyclic) bond motifs is 3. The van der Waals surface area contributed by atoms with Crippen LogP contribution in [0.15, 0.2) is 177 Å². The Bertz CT molecular complexity index is 2600. The molecular formula is C46H30N2O. The van der Waals surface area contributed by atoms with E-state index in [4.69, 9.17) is 14.7 Å². The van der Waals surface area contributed by atoms with Gasteiger partial charge in [0.2, 0.25) is 0 Å². The molecule has 8 aromatic rings. The van der Waals surface area contributed by atoms with Crippen LogP contribution in [-0.4, -0.2) is 9.97 Å². The third-order valence-corrected chi connectivity index (χ3v) is 9.29. The standard InChI is InChI=1S/C46H30N2O/c1-30-25-26-49-43-24-22-34(29-41(30)43)33-14-9-15-35(27-33)39-23-21-31-11-5-6-18-38(31)44(39)36-16-10-17-37(28-36)46-47-42-20-8-7-19-40(42)45(48-46)32-12-3-2-4-13-32/h2-29H,1H2. The first-order valence-electron chi connectivity index (χ1n) is 16.4. The number of ether oxygens (including phenoxy) is 1. The molecule has 9 rings (SSSR count). The van der Waals surface area contributed by atoms with Gasteiger partial charge in [-0.2, -0.15) is 0 Å². The van der Waals surface area contributed by atoms with E-state index in [1.165, 1.54) is 16.3 Å². The highest BCUT2D eigenvalue weighted by Gasteiger charge is 2.17. The van der Waals surface area contributed by atoms with E-state index in [0.29, 0.717) is 5.82 Å². The van der Waals surface area contributed by atoms with Crippen molar-refractivity contribution in [2.45, 2.75) is 0 Å². The largest absolute Gasteiger partial charge is 0.464 e. The summed E-state index contributed by atoms with van der Waals surface area (Å²) in [6.07, 6.45) is 3.60. The predicted molar refractivity (Wildman–Crippen MR) is 203 cm³/mol. The van der Waals surface area contributed by atoms with Crippen molar-refractivity contribution in [3.63, 3.8) is 0 Å². The van der Waals surface area contributed by atoms with Crippen LogP contribution in [0.5, 0.6) is 5.75 Å². The molecule has 0 fully saturated rings. The van der Waals surface area contributed by atoms with E-state index >= 15 is 0 Å². The van der Waals surface area contributed by atoms with Crippen molar-refractivity contribution in [1.82, 2.24) is 9.97 Å². The summed E-state index contributed by atoms with van der Waals surface area (Å²) >= 11 is 0. The van der Waals surface area contributed by atoms with E-state index in [-0.39, 0.29) is 0 Å². The van der Waals surface area contributed by atoms with Gasteiger partial charge in [0, 0.05) is 22.1 Å². The maximum Gasteiger partial charge on any atom is 0.160 e. The minimum atomic E-state index is 0.705. The van der Waals surface area contributed by atoms with Gasteiger partial charge in [-0.25, -0.2) is 9.97 Å². The zero-order valence-corrected chi connectivity index (χ0v) is 26.7. The summed E-state index contributed by atoms with van der Waals surface area (Å²) in [7, 11) is 0. The van der Waals surface area contributed by atoms with Gasteiger partial charge in [-0.1, -0.05) is 134 Å². The first-order valence-corrected chi connectivity index (χ1v) is 16.4. The number of hydrogen-bond acceptors (Lipinski definition) is 3. The smallest absolute Gasteiger partial charge is 0.160 e. The molecule has 1 aliphatic rings. The first-order chi connectivity index (χ1) is 24.2. The Kier molecular flexibility index (Phi) is 6.95. The molecule has 7 aromatic carbocycles. The predicted octanol–water partition coefficient (Wildman–Crippen LogP) is 12.0. The third kappa shape index (κ3) is 5.18. The van der Waals surface area contributed by atoms with Gasteiger partial charge in [-0.3, -0.25) is 0 Å². The molecule has 0 amide bonds. The molecule has 0 saturated carbocycles. The molecule has 1 aliphatic heterocycles. The van der Waals surface area contributed by atoms with Crippen LogP contribution in [0, 0.1) is 0 Å². The molecule has 0 radical (unpaired) electrons. The van der Waals surface area contributed by atoms with Crippen LogP contribution in [0.3, 0.4) is 0 Å². The molecule has 0 spiro atoms. The Morgan fingerprint density at radius 1 is 0.469 bits per heavy atom. The van der Waals surface area contributed by atoms with Crippen LogP contribution in [0.1, 0.15) is 5.56 Å². The lowest BCUT2D eigenvalue weighted by Gasteiger charge is -2.17. The Hall–Kier alpha value is -6.58. The molecule has 0 saturated heterocycles. The second-order valence-corrected chi connectivity index (χ2v) is 12.3. The fourth-order valence-corrected chi connectivity index (χ4v) is 6.87. The fourth-order valence-electron chi connectivity index (χ4n) is 6.87. The maximum atomic E-state index is 5.72. The molecule has 2 heterocycles. The van der Waals surface area contributed by atoms with Crippen LogP contribution in [0.4, 0.5) is 0 Å². The first kappa shape index (κ1) is 28.6. The molecule has 1 aromatic heterocycles. The monoisotopic (exact) mass is 626 g/mol. The summed E-state index contributed by atoms with van der Waals surface area (Å²) in [5, 5.41) is 3.43. The fraction of sp³-hybridized carbons (Fsp3) is 0. The molecule has 230 valence electrons. The Labute approximate surface area is 285 Å². The summed E-state index contributed by atoms with van der Waals surface area (Å²) in [6, 6.07) is 55.4. The normalized spacial score (nSPS) is 12.2. The van der Waals surface area contributed by atoms with Crippen molar-refractivity contribution in [2.24, 2.45) is 0 Å². The van der Waals surface area contributed by atoms with Crippen LogP contribution in [-0.2, 0) is 0 Å². The average molecular weight is 627 g/mol. The number of hydrogen-bond donors (Lipinski definition) is 0. The topological polar surface area (TPSA) is 35.0 Å². The quantitative estimate of drug-likeness (QED) is 0.191. The van der Waals surface area contributed by atoms with Gasteiger partial charge >= 0.3 is 0 Å². The number of rotatable bonds is 5. The molecule has 3 heteroatoms. The number of allylic oxidation sites excluding steroid dienone is 2. The van der Waals surface area contributed by atoms with E-state index in [9.17, 15) is 0 Å². The highest BCUT2D eigenvalue weighted by atomic mass is 16.5. The number of benzene rings is 7. The van der Waals surface area contributed by atoms with Crippen molar-refractivity contribution < 1.29 is 4.74 Å². The Morgan fingerprint density at radius 3 is 2.06 bits per heavy atom. The van der Waals surface area contributed by atoms with Crippen molar-refractivity contribution >= 4 is 27.2 Å². The zero-order chi connectivity index (χ0) is 32.7.